The van der Waals surface area contributed by atoms with E-state index in [4.69, 9.17) is 28.5 Å². The maximum absolute atomic E-state index is 12.9. The van der Waals surface area contributed by atoms with Crippen LogP contribution in [0.4, 0.5) is 17.3 Å². The first-order valence-corrected chi connectivity index (χ1v) is 11.8. The second-order valence-corrected chi connectivity index (χ2v) is 9.33. The fourth-order valence-corrected chi connectivity index (χ4v) is 3.92. The van der Waals surface area contributed by atoms with Crippen LogP contribution in [0.15, 0.2) is 60.7 Å². The molecule has 2 aromatic carbocycles. The Bertz CT molecular complexity index is 1480. The van der Waals surface area contributed by atoms with Gasteiger partial charge in [0.2, 0.25) is 5.91 Å². The van der Waals surface area contributed by atoms with Crippen LogP contribution < -0.4 is 16.8 Å². The van der Waals surface area contributed by atoms with Crippen molar-refractivity contribution in [3.63, 3.8) is 0 Å². The number of carbonyl (C=O) groups excluding carboxylic acids is 1. The van der Waals surface area contributed by atoms with Crippen LogP contribution in [-0.4, -0.2) is 32.2 Å². The fourth-order valence-electron chi connectivity index (χ4n) is 3.69. The Morgan fingerprint density at radius 3 is 2.41 bits per heavy atom. The number of aromatic nitrogens is 3. The molecule has 0 unspecified atom stereocenters. The number of nitrogen functional groups attached to an aromatic ring is 2. The van der Waals surface area contributed by atoms with E-state index in [1.807, 2.05) is 30.3 Å². The van der Waals surface area contributed by atoms with Crippen molar-refractivity contribution in [3.05, 3.63) is 82.6 Å². The molecule has 0 aliphatic rings. The Balaban J connectivity index is 1.74. The van der Waals surface area contributed by atoms with Gasteiger partial charge in [-0.2, -0.15) is 0 Å². The third-order valence-corrected chi connectivity index (χ3v) is 5.91. The van der Waals surface area contributed by atoms with Crippen LogP contribution in [0.3, 0.4) is 0 Å². The van der Waals surface area contributed by atoms with Gasteiger partial charge in [0, 0.05) is 22.9 Å². The zero-order chi connectivity index (χ0) is 26.7. The lowest BCUT2D eigenvalue weighted by molar-refractivity contribution is -0.115. The number of nitrogens with one attached hydrogen (secondary N) is 2. The molecule has 37 heavy (non-hydrogen) atoms. The predicted octanol–water partition coefficient (Wildman–Crippen LogP) is 4.43. The Labute approximate surface area is 219 Å². The topological polar surface area (TPSA) is 164 Å². The summed E-state index contributed by atoms with van der Waals surface area (Å²) in [5.41, 5.74) is 14.9. The molecule has 0 atom stereocenters. The number of aliphatic hydroxyl groups is 1. The molecule has 1 amide bonds. The second-order valence-electron chi connectivity index (χ2n) is 8.92. The summed E-state index contributed by atoms with van der Waals surface area (Å²) in [4.78, 5) is 26.5. The average Bonchev–Trinajstić information content (AvgIpc) is 2.86. The van der Waals surface area contributed by atoms with Gasteiger partial charge < -0.3 is 27.3 Å². The maximum atomic E-state index is 12.9. The number of rotatable bonds is 7. The minimum atomic E-state index is -1.14. The number of benzene rings is 2. The van der Waals surface area contributed by atoms with E-state index in [1.165, 1.54) is 0 Å². The summed E-state index contributed by atoms with van der Waals surface area (Å²) in [5.74, 6) is -0.305. The standard InChI is InChI=1S/C27H26ClN7O2/c1-27(2,37)20-10-6-9-18(32-20)13-21(36)33-26-25(31)34-23(15-7-4-3-5-8-15)24(35-26)16-11-17(14-29)22(30)19(28)12-16/h3-12,14,29,37H,13,30H2,1-2H3,(H2,31,34)(H,33,35,36). The van der Waals surface area contributed by atoms with Crippen molar-refractivity contribution >= 4 is 41.0 Å². The number of hydrogen-bond donors (Lipinski definition) is 5. The van der Waals surface area contributed by atoms with E-state index < -0.39 is 11.5 Å². The molecular formula is C27H26ClN7O2. The Kier molecular flexibility index (Phi) is 7.19. The quantitative estimate of drug-likeness (QED) is 0.179. The van der Waals surface area contributed by atoms with Gasteiger partial charge in [0.05, 0.1) is 39.9 Å². The molecule has 2 heterocycles. The van der Waals surface area contributed by atoms with Crippen LogP contribution in [0.5, 0.6) is 0 Å². The van der Waals surface area contributed by atoms with Gasteiger partial charge in [0.25, 0.3) is 0 Å². The highest BCUT2D eigenvalue weighted by Gasteiger charge is 2.21. The number of anilines is 3. The molecule has 4 aromatic rings. The van der Waals surface area contributed by atoms with E-state index in [0.29, 0.717) is 33.9 Å². The number of amides is 1. The lowest BCUT2D eigenvalue weighted by Gasteiger charge is -2.17. The van der Waals surface area contributed by atoms with E-state index in [1.54, 1.807) is 44.2 Å². The molecular weight excluding hydrogens is 490 g/mol. The van der Waals surface area contributed by atoms with Crippen LogP contribution in [0.2, 0.25) is 5.02 Å². The van der Waals surface area contributed by atoms with Crippen molar-refractivity contribution in [2.75, 3.05) is 16.8 Å². The number of halogens is 1. The van der Waals surface area contributed by atoms with Gasteiger partial charge >= 0.3 is 0 Å². The minimum Gasteiger partial charge on any atom is -0.397 e. The molecule has 10 heteroatoms. The van der Waals surface area contributed by atoms with Gasteiger partial charge in [-0.15, -0.1) is 0 Å². The summed E-state index contributed by atoms with van der Waals surface area (Å²) in [5, 5.41) is 20.9. The number of hydrogen-bond acceptors (Lipinski definition) is 8. The summed E-state index contributed by atoms with van der Waals surface area (Å²) in [6.07, 6.45) is 1.04. The summed E-state index contributed by atoms with van der Waals surface area (Å²) < 4.78 is 0. The number of nitrogens with two attached hydrogens (primary N) is 2. The monoisotopic (exact) mass is 515 g/mol. The predicted molar refractivity (Wildman–Crippen MR) is 146 cm³/mol. The van der Waals surface area contributed by atoms with E-state index >= 15 is 0 Å². The molecule has 0 aliphatic heterocycles. The van der Waals surface area contributed by atoms with Crippen molar-refractivity contribution in [1.29, 1.82) is 5.41 Å². The van der Waals surface area contributed by atoms with E-state index in [9.17, 15) is 9.90 Å². The second kappa shape index (κ2) is 10.3. The number of nitrogens with zero attached hydrogens (tertiary/aromatic N) is 3. The van der Waals surface area contributed by atoms with Crippen LogP contribution in [0.25, 0.3) is 22.5 Å². The smallest absolute Gasteiger partial charge is 0.231 e. The molecule has 0 fully saturated rings. The van der Waals surface area contributed by atoms with Gasteiger partial charge in [0.15, 0.2) is 11.6 Å². The van der Waals surface area contributed by atoms with Crippen LogP contribution >= 0.6 is 11.6 Å². The molecule has 9 nitrogen and oxygen atoms in total. The first kappa shape index (κ1) is 25.7. The largest absolute Gasteiger partial charge is 0.397 e. The van der Waals surface area contributed by atoms with Crippen LogP contribution in [0.1, 0.15) is 30.8 Å². The van der Waals surface area contributed by atoms with Gasteiger partial charge in [-0.05, 0) is 38.1 Å². The SMILES string of the molecule is CC(C)(O)c1cccc(CC(=O)Nc2nc(-c3cc(Cl)c(N)c(C=N)c3)c(-c3ccccc3)nc2N)n1. The lowest BCUT2D eigenvalue weighted by Crippen LogP contribution is -2.21. The first-order chi connectivity index (χ1) is 17.6. The molecule has 0 aliphatic carbocycles. The first-order valence-electron chi connectivity index (χ1n) is 11.4. The van der Waals surface area contributed by atoms with Gasteiger partial charge in [0.1, 0.15) is 5.60 Å². The molecule has 0 saturated heterocycles. The zero-order valence-corrected chi connectivity index (χ0v) is 21.0. The van der Waals surface area contributed by atoms with Crippen LogP contribution in [0, 0.1) is 5.41 Å². The van der Waals surface area contributed by atoms with Gasteiger partial charge in [-0.3, -0.25) is 9.78 Å². The summed E-state index contributed by atoms with van der Waals surface area (Å²) in [7, 11) is 0. The summed E-state index contributed by atoms with van der Waals surface area (Å²) in [6, 6.07) is 17.8. The maximum Gasteiger partial charge on any atom is 0.231 e. The summed E-state index contributed by atoms with van der Waals surface area (Å²) >= 11 is 6.34. The molecule has 0 radical (unpaired) electrons. The average molecular weight is 516 g/mol. The number of carbonyl (C=O) groups is 1. The lowest BCUT2D eigenvalue weighted by atomic mass is 10.0. The van der Waals surface area contributed by atoms with Gasteiger partial charge in [-0.1, -0.05) is 48.0 Å². The highest BCUT2D eigenvalue weighted by atomic mass is 35.5. The van der Waals surface area contributed by atoms with Gasteiger partial charge in [-0.25, -0.2) is 9.97 Å². The molecule has 0 saturated carbocycles. The van der Waals surface area contributed by atoms with E-state index in [0.717, 1.165) is 11.8 Å². The highest BCUT2D eigenvalue weighted by molar-refractivity contribution is 6.34. The van der Waals surface area contributed by atoms with Crippen molar-refractivity contribution in [1.82, 2.24) is 15.0 Å². The van der Waals surface area contributed by atoms with E-state index in [2.05, 4.69) is 20.3 Å². The Morgan fingerprint density at radius 2 is 1.73 bits per heavy atom. The minimum absolute atomic E-state index is 0.0305. The van der Waals surface area contributed by atoms with E-state index in [-0.39, 0.29) is 28.8 Å². The highest BCUT2D eigenvalue weighted by Crippen LogP contribution is 2.36. The summed E-state index contributed by atoms with van der Waals surface area (Å²) in [6.45, 7) is 3.25. The zero-order valence-electron chi connectivity index (χ0n) is 20.3. The third-order valence-electron chi connectivity index (χ3n) is 5.59. The fraction of sp³-hybridized carbons (Fsp3) is 0.148. The van der Waals surface area contributed by atoms with Crippen molar-refractivity contribution in [2.24, 2.45) is 0 Å². The third kappa shape index (κ3) is 5.74. The normalized spacial score (nSPS) is 11.2. The van der Waals surface area contributed by atoms with Crippen LogP contribution in [-0.2, 0) is 16.8 Å². The molecule has 0 bridgehead atoms. The molecule has 4 rings (SSSR count). The molecule has 2 aromatic heterocycles. The Hall–Kier alpha value is -4.34. The molecule has 0 spiro atoms. The molecule has 188 valence electrons. The molecule has 7 N–H and O–H groups in total. The Morgan fingerprint density at radius 1 is 1.03 bits per heavy atom. The number of pyridine rings is 1. The van der Waals surface area contributed by atoms with Crippen molar-refractivity contribution in [2.45, 2.75) is 25.9 Å². The van der Waals surface area contributed by atoms with Crippen molar-refractivity contribution < 1.29 is 9.90 Å². The van der Waals surface area contributed by atoms with Crippen molar-refractivity contribution in [3.8, 4) is 22.5 Å².